The predicted molar refractivity (Wildman–Crippen MR) is 76.7 cm³/mol. The zero-order chi connectivity index (χ0) is 17.5. The molecule has 0 aromatic carbocycles. The number of rotatable bonds is 2. The van der Waals surface area contributed by atoms with Gasteiger partial charge in [-0.2, -0.15) is 26.3 Å². The molecule has 0 aliphatic heterocycles. The summed E-state index contributed by atoms with van der Waals surface area (Å²) in [4.78, 5) is 0. The molecular formula is C17H22F6. The zero-order valence-electron chi connectivity index (χ0n) is 13.3. The van der Waals surface area contributed by atoms with E-state index in [-0.39, 0.29) is 38.5 Å². The molecule has 0 saturated heterocycles. The van der Waals surface area contributed by atoms with Crippen molar-refractivity contribution in [3.63, 3.8) is 0 Å². The van der Waals surface area contributed by atoms with Crippen LogP contribution in [0.4, 0.5) is 26.3 Å². The topological polar surface area (TPSA) is 0 Å². The summed E-state index contributed by atoms with van der Waals surface area (Å²) in [5.74, 6) is -2.85. The normalized spacial score (nSPS) is 27.5. The average Bonchev–Trinajstić information content (AvgIpc) is 2.36. The fraction of sp³-hybridized carbons (Fsp3) is 0.765. The first kappa shape index (κ1) is 18.4. The molecule has 0 nitrogen and oxygen atoms in total. The van der Waals surface area contributed by atoms with Crippen LogP contribution in [0.2, 0.25) is 0 Å². The third kappa shape index (κ3) is 3.18. The van der Waals surface area contributed by atoms with Crippen molar-refractivity contribution in [2.24, 2.45) is 17.3 Å². The van der Waals surface area contributed by atoms with Crippen molar-refractivity contribution in [2.75, 3.05) is 0 Å². The van der Waals surface area contributed by atoms with Gasteiger partial charge in [-0.15, -0.1) is 0 Å². The predicted octanol–water partition coefficient (Wildman–Crippen LogP) is 6.59. The Bertz CT molecular complexity index is 448. The molecule has 0 radical (unpaired) electrons. The number of hydrogen-bond donors (Lipinski definition) is 0. The summed E-state index contributed by atoms with van der Waals surface area (Å²) >= 11 is 0. The minimum Gasteiger partial charge on any atom is -0.170 e. The molecule has 0 amide bonds. The smallest absolute Gasteiger partial charge is 0.170 e. The SMILES string of the molecule is CC1=CCCC(C(C2CCC=C(C)C2)(C(F)(F)F)C(F)(F)F)C1. The maximum absolute atomic E-state index is 13.9. The molecule has 0 spiro atoms. The Morgan fingerprint density at radius 2 is 1.09 bits per heavy atom. The number of hydrogen-bond acceptors (Lipinski definition) is 0. The molecule has 6 heteroatoms. The molecule has 0 heterocycles. The molecule has 0 bridgehead atoms. The minimum absolute atomic E-state index is 0.0599. The van der Waals surface area contributed by atoms with E-state index in [2.05, 4.69) is 0 Å². The van der Waals surface area contributed by atoms with E-state index in [4.69, 9.17) is 0 Å². The van der Waals surface area contributed by atoms with Crippen molar-refractivity contribution in [3.8, 4) is 0 Å². The lowest BCUT2D eigenvalue weighted by Gasteiger charge is -2.50. The molecule has 2 atom stereocenters. The van der Waals surface area contributed by atoms with Crippen LogP contribution < -0.4 is 0 Å². The lowest BCUT2D eigenvalue weighted by Crippen LogP contribution is -2.60. The minimum atomic E-state index is -5.30. The van der Waals surface area contributed by atoms with Gasteiger partial charge in [0.25, 0.3) is 0 Å². The fourth-order valence-corrected chi connectivity index (χ4v) is 4.41. The van der Waals surface area contributed by atoms with Gasteiger partial charge in [0.1, 0.15) is 0 Å². The van der Waals surface area contributed by atoms with Crippen molar-refractivity contribution in [1.82, 2.24) is 0 Å². The van der Waals surface area contributed by atoms with Gasteiger partial charge in [-0.1, -0.05) is 23.3 Å². The Labute approximate surface area is 132 Å². The van der Waals surface area contributed by atoms with Gasteiger partial charge in [-0.05, 0) is 64.2 Å². The van der Waals surface area contributed by atoms with Gasteiger partial charge in [0, 0.05) is 0 Å². The van der Waals surface area contributed by atoms with E-state index < -0.39 is 29.6 Å². The molecule has 132 valence electrons. The first-order chi connectivity index (χ1) is 10.5. The Kier molecular flexibility index (Phi) is 4.94. The quantitative estimate of drug-likeness (QED) is 0.393. The highest BCUT2D eigenvalue weighted by Gasteiger charge is 2.76. The molecule has 0 aromatic heterocycles. The number of allylic oxidation sites excluding steroid dienone is 4. The zero-order valence-corrected chi connectivity index (χ0v) is 13.3. The molecule has 0 saturated carbocycles. The van der Waals surface area contributed by atoms with Gasteiger partial charge in [0.05, 0.1) is 0 Å². The van der Waals surface area contributed by atoms with E-state index in [9.17, 15) is 26.3 Å². The second-order valence-electron chi connectivity index (χ2n) is 6.92. The van der Waals surface area contributed by atoms with Crippen LogP contribution in [0.3, 0.4) is 0 Å². The highest BCUT2D eigenvalue weighted by molar-refractivity contribution is 5.15. The Balaban J connectivity index is 2.57. The summed E-state index contributed by atoms with van der Waals surface area (Å²) in [7, 11) is 0. The van der Waals surface area contributed by atoms with Crippen molar-refractivity contribution in [2.45, 2.75) is 64.7 Å². The molecule has 2 rings (SSSR count). The van der Waals surface area contributed by atoms with Gasteiger partial charge in [-0.25, -0.2) is 0 Å². The first-order valence-corrected chi connectivity index (χ1v) is 7.95. The molecule has 0 aromatic rings. The van der Waals surface area contributed by atoms with E-state index >= 15 is 0 Å². The molecule has 2 aliphatic rings. The standard InChI is InChI=1S/C17H22F6/c1-11-5-3-7-13(9-11)15(16(18,19)20,17(21,22)23)14-8-4-6-12(2)10-14/h5-6,13-14H,3-4,7-10H2,1-2H3. The van der Waals surface area contributed by atoms with Crippen LogP contribution in [0, 0.1) is 17.3 Å². The van der Waals surface area contributed by atoms with Gasteiger partial charge < -0.3 is 0 Å². The summed E-state index contributed by atoms with van der Waals surface area (Å²) < 4.78 is 83.6. The van der Waals surface area contributed by atoms with Gasteiger partial charge in [-0.3, -0.25) is 0 Å². The Morgan fingerprint density at radius 3 is 1.35 bits per heavy atom. The van der Waals surface area contributed by atoms with Crippen molar-refractivity contribution < 1.29 is 26.3 Å². The Hall–Kier alpha value is -0.940. The third-order valence-electron chi connectivity index (χ3n) is 5.38. The van der Waals surface area contributed by atoms with Gasteiger partial charge >= 0.3 is 12.4 Å². The summed E-state index contributed by atoms with van der Waals surface area (Å²) in [5.41, 5.74) is -2.35. The van der Waals surface area contributed by atoms with E-state index in [1.54, 1.807) is 26.0 Å². The fourth-order valence-electron chi connectivity index (χ4n) is 4.41. The van der Waals surface area contributed by atoms with E-state index in [0.29, 0.717) is 11.1 Å². The second kappa shape index (κ2) is 6.17. The van der Waals surface area contributed by atoms with Crippen molar-refractivity contribution in [1.29, 1.82) is 0 Å². The lowest BCUT2D eigenvalue weighted by molar-refractivity contribution is -0.378. The van der Waals surface area contributed by atoms with Crippen LogP contribution >= 0.6 is 0 Å². The molecular weight excluding hydrogens is 318 g/mol. The molecule has 0 N–H and O–H groups in total. The molecule has 0 fully saturated rings. The third-order valence-corrected chi connectivity index (χ3v) is 5.38. The second-order valence-corrected chi connectivity index (χ2v) is 6.92. The van der Waals surface area contributed by atoms with Crippen LogP contribution in [0.15, 0.2) is 23.3 Å². The van der Waals surface area contributed by atoms with E-state index in [1.165, 1.54) is 0 Å². The lowest BCUT2D eigenvalue weighted by atomic mass is 9.58. The maximum atomic E-state index is 13.9. The molecule has 2 aliphatic carbocycles. The van der Waals surface area contributed by atoms with Crippen LogP contribution in [0.1, 0.15) is 52.4 Å². The number of halogens is 6. The summed E-state index contributed by atoms with van der Waals surface area (Å²) in [6.07, 6.45) is -6.90. The van der Waals surface area contributed by atoms with Crippen LogP contribution in [-0.2, 0) is 0 Å². The van der Waals surface area contributed by atoms with E-state index in [1.807, 2.05) is 0 Å². The average molecular weight is 340 g/mol. The highest BCUT2D eigenvalue weighted by atomic mass is 19.4. The van der Waals surface area contributed by atoms with E-state index in [0.717, 1.165) is 0 Å². The van der Waals surface area contributed by atoms with Crippen LogP contribution in [0.5, 0.6) is 0 Å². The van der Waals surface area contributed by atoms with Crippen LogP contribution in [-0.4, -0.2) is 12.4 Å². The first-order valence-electron chi connectivity index (χ1n) is 7.95. The highest BCUT2D eigenvalue weighted by Crippen LogP contribution is 2.64. The van der Waals surface area contributed by atoms with Crippen molar-refractivity contribution >= 4 is 0 Å². The maximum Gasteiger partial charge on any atom is 0.403 e. The van der Waals surface area contributed by atoms with Crippen molar-refractivity contribution in [3.05, 3.63) is 23.3 Å². The molecule has 23 heavy (non-hydrogen) atoms. The number of alkyl halides is 6. The molecule has 2 unspecified atom stereocenters. The summed E-state index contributed by atoms with van der Waals surface area (Å²) in [6, 6.07) is 0. The Morgan fingerprint density at radius 1 is 0.739 bits per heavy atom. The van der Waals surface area contributed by atoms with Gasteiger partial charge in [0.15, 0.2) is 5.41 Å². The summed E-state index contributed by atoms with van der Waals surface area (Å²) in [5, 5.41) is 0. The van der Waals surface area contributed by atoms with Gasteiger partial charge in [0.2, 0.25) is 0 Å². The summed E-state index contributed by atoms with van der Waals surface area (Å²) in [6.45, 7) is 3.24. The monoisotopic (exact) mass is 340 g/mol. The largest absolute Gasteiger partial charge is 0.403 e. The van der Waals surface area contributed by atoms with Crippen LogP contribution in [0.25, 0.3) is 0 Å².